The Bertz CT molecular complexity index is 592. The van der Waals surface area contributed by atoms with Crippen molar-refractivity contribution >= 4 is 5.91 Å². The van der Waals surface area contributed by atoms with Crippen molar-refractivity contribution in [1.82, 2.24) is 10.5 Å². The van der Waals surface area contributed by atoms with E-state index in [0.29, 0.717) is 12.3 Å². The number of carbonyl (C=O) groups excluding carboxylic acids is 1. The van der Waals surface area contributed by atoms with Gasteiger partial charge in [-0.25, -0.2) is 0 Å². The zero-order valence-corrected chi connectivity index (χ0v) is 11.8. The van der Waals surface area contributed by atoms with Crippen LogP contribution >= 0.6 is 0 Å². The molecular weight excluding hydrogens is 256 g/mol. The van der Waals surface area contributed by atoms with Crippen LogP contribution in [0, 0.1) is 13.8 Å². The average Bonchev–Trinajstić information content (AvgIpc) is 2.88. The first-order valence-corrected chi connectivity index (χ1v) is 6.41. The van der Waals surface area contributed by atoms with Gasteiger partial charge < -0.3 is 14.6 Å². The molecule has 0 aliphatic carbocycles. The molecule has 20 heavy (non-hydrogen) atoms. The Morgan fingerprint density at radius 3 is 2.75 bits per heavy atom. The van der Waals surface area contributed by atoms with Crippen molar-refractivity contribution in [1.29, 1.82) is 0 Å². The molecule has 0 unspecified atom stereocenters. The number of nitrogens with zero attached hydrogens (tertiary/aromatic N) is 1. The molecule has 0 fully saturated rings. The minimum absolute atomic E-state index is 0.187. The van der Waals surface area contributed by atoms with Crippen LogP contribution in [0.25, 0.3) is 0 Å². The van der Waals surface area contributed by atoms with Crippen molar-refractivity contribution in [2.24, 2.45) is 0 Å². The number of carbonyl (C=O) groups is 1. The highest BCUT2D eigenvalue weighted by atomic mass is 16.5. The van der Waals surface area contributed by atoms with Gasteiger partial charge in [-0.2, -0.15) is 0 Å². The van der Waals surface area contributed by atoms with Crippen LogP contribution < -0.4 is 5.32 Å². The second-order valence-electron chi connectivity index (χ2n) is 4.61. The van der Waals surface area contributed by atoms with Crippen LogP contribution in [0.3, 0.4) is 0 Å². The number of hydrogen-bond donors (Lipinski definition) is 1. The van der Waals surface area contributed by atoms with E-state index in [1.807, 2.05) is 31.2 Å². The molecule has 2 aromatic rings. The SMILES string of the molecule is CO[C@H](CNC(=O)c1cc(C)on1)c1ccccc1C. The Labute approximate surface area is 117 Å². The van der Waals surface area contributed by atoms with E-state index in [1.165, 1.54) is 0 Å². The summed E-state index contributed by atoms with van der Waals surface area (Å²) >= 11 is 0. The zero-order chi connectivity index (χ0) is 14.5. The Hall–Kier alpha value is -2.14. The van der Waals surface area contributed by atoms with Crippen LogP contribution in [0.5, 0.6) is 0 Å². The summed E-state index contributed by atoms with van der Waals surface area (Å²) in [5.74, 6) is 0.342. The van der Waals surface area contributed by atoms with Gasteiger partial charge in [-0.3, -0.25) is 4.79 Å². The Morgan fingerprint density at radius 1 is 1.40 bits per heavy atom. The molecule has 2 rings (SSSR count). The van der Waals surface area contributed by atoms with Gasteiger partial charge in [0.25, 0.3) is 5.91 Å². The summed E-state index contributed by atoms with van der Waals surface area (Å²) in [7, 11) is 1.63. The van der Waals surface area contributed by atoms with E-state index in [1.54, 1.807) is 20.1 Å². The maximum absolute atomic E-state index is 11.9. The number of hydrogen-bond acceptors (Lipinski definition) is 4. The van der Waals surface area contributed by atoms with Crippen LogP contribution in [-0.2, 0) is 4.74 Å². The molecule has 0 saturated carbocycles. The van der Waals surface area contributed by atoms with Gasteiger partial charge in [0.15, 0.2) is 5.69 Å². The number of amides is 1. The molecule has 5 heteroatoms. The second kappa shape index (κ2) is 6.34. The quantitative estimate of drug-likeness (QED) is 0.909. The molecule has 0 radical (unpaired) electrons. The van der Waals surface area contributed by atoms with Gasteiger partial charge in [-0.05, 0) is 25.0 Å². The van der Waals surface area contributed by atoms with Crippen molar-refractivity contribution in [3.8, 4) is 0 Å². The Kier molecular flexibility index (Phi) is 4.53. The van der Waals surface area contributed by atoms with Crippen LogP contribution in [0.1, 0.15) is 33.5 Å². The van der Waals surface area contributed by atoms with E-state index < -0.39 is 0 Å². The molecule has 0 saturated heterocycles. The summed E-state index contributed by atoms with van der Waals surface area (Å²) in [6.07, 6.45) is -0.187. The van der Waals surface area contributed by atoms with E-state index in [0.717, 1.165) is 11.1 Å². The minimum Gasteiger partial charge on any atom is -0.375 e. The van der Waals surface area contributed by atoms with Gasteiger partial charge in [0.1, 0.15) is 5.76 Å². The third kappa shape index (κ3) is 3.24. The number of methoxy groups -OCH3 is 1. The maximum Gasteiger partial charge on any atom is 0.273 e. The highest BCUT2D eigenvalue weighted by Crippen LogP contribution is 2.19. The van der Waals surface area contributed by atoms with Gasteiger partial charge in [0, 0.05) is 19.7 Å². The number of aryl methyl sites for hydroxylation is 2. The Morgan fingerprint density at radius 2 is 2.15 bits per heavy atom. The standard InChI is InChI=1S/C15H18N2O3/c1-10-6-4-5-7-12(10)14(19-3)9-16-15(18)13-8-11(2)20-17-13/h4-8,14H,9H2,1-3H3,(H,16,18)/t14-/m1/s1. The summed E-state index contributed by atoms with van der Waals surface area (Å²) in [5.41, 5.74) is 2.47. The molecule has 1 amide bonds. The Balaban J connectivity index is 2.01. The molecule has 0 spiro atoms. The predicted octanol–water partition coefficient (Wildman–Crippen LogP) is 2.41. The summed E-state index contributed by atoms with van der Waals surface area (Å²) in [6.45, 7) is 4.14. The van der Waals surface area contributed by atoms with Crippen molar-refractivity contribution in [3.63, 3.8) is 0 Å². The van der Waals surface area contributed by atoms with Crippen LogP contribution in [-0.4, -0.2) is 24.7 Å². The normalized spacial score (nSPS) is 12.2. The van der Waals surface area contributed by atoms with Crippen LogP contribution in [0.4, 0.5) is 0 Å². The van der Waals surface area contributed by atoms with Gasteiger partial charge >= 0.3 is 0 Å². The number of nitrogens with one attached hydrogen (secondary N) is 1. The van der Waals surface area contributed by atoms with E-state index in [-0.39, 0.29) is 17.7 Å². The monoisotopic (exact) mass is 274 g/mol. The largest absolute Gasteiger partial charge is 0.375 e. The first-order valence-electron chi connectivity index (χ1n) is 6.41. The topological polar surface area (TPSA) is 64.4 Å². The molecular formula is C15H18N2O3. The summed E-state index contributed by atoms with van der Waals surface area (Å²) in [5, 5.41) is 6.48. The van der Waals surface area contributed by atoms with Crippen molar-refractivity contribution < 1.29 is 14.1 Å². The number of ether oxygens (including phenoxy) is 1. The van der Waals surface area contributed by atoms with Crippen molar-refractivity contribution in [3.05, 3.63) is 52.9 Å². The van der Waals surface area contributed by atoms with E-state index in [4.69, 9.17) is 9.26 Å². The smallest absolute Gasteiger partial charge is 0.273 e. The zero-order valence-electron chi connectivity index (χ0n) is 11.8. The number of aromatic nitrogens is 1. The molecule has 0 aliphatic heterocycles. The molecule has 5 nitrogen and oxygen atoms in total. The van der Waals surface area contributed by atoms with E-state index in [2.05, 4.69) is 10.5 Å². The van der Waals surface area contributed by atoms with Crippen LogP contribution in [0.15, 0.2) is 34.9 Å². The highest BCUT2D eigenvalue weighted by Gasteiger charge is 2.16. The molecule has 1 atom stereocenters. The lowest BCUT2D eigenvalue weighted by molar-refractivity contribution is 0.0819. The maximum atomic E-state index is 11.9. The van der Waals surface area contributed by atoms with Gasteiger partial charge in [0.2, 0.25) is 0 Å². The average molecular weight is 274 g/mol. The lowest BCUT2D eigenvalue weighted by Gasteiger charge is -2.18. The molecule has 1 heterocycles. The predicted molar refractivity (Wildman–Crippen MR) is 74.5 cm³/mol. The van der Waals surface area contributed by atoms with Crippen molar-refractivity contribution in [2.75, 3.05) is 13.7 Å². The van der Waals surface area contributed by atoms with Gasteiger partial charge in [0.05, 0.1) is 6.10 Å². The first-order chi connectivity index (χ1) is 9.61. The van der Waals surface area contributed by atoms with Gasteiger partial charge in [-0.1, -0.05) is 29.4 Å². The van der Waals surface area contributed by atoms with E-state index in [9.17, 15) is 4.79 Å². The third-order valence-electron chi connectivity index (χ3n) is 3.13. The molecule has 0 bridgehead atoms. The molecule has 1 aromatic carbocycles. The lowest BCUT2D eigenvalue weighted by Crippen LogP contribution is -2.29. The fraction of sp³-hybridized carbons (Fsp3) is 0.333. The number of rotatable bonds is 5. The molecule has 1 N–H and O–H groups in total. The number of benzene rings is 1. The van der Waals surface area contributed by atoms with E-state index >= 15 is 0 Å². The summed E-state index contributed by atoms with van der Waals surface area (Å²) in [6, 6.07) is 9.55. The summed E-state index contributed by atoms with van der Waals surface area (Å²) in [4.78, 5) is 11.9. The fourth-order valence-electron chi connectivity index (χ4n) is 2.02. The van der Waals surface area contributed by atoms with Gasteiger partial charge in [-0.15, -0.1) is 0 Å². The van der Waals surface area contributed by atoms with Crippen LogP contribution in [0.2, 0.25) is 0 Å². The lowest BCUT2D eigenvalue weighted by atomic mass is 10.0. The first kappa shape index (κ1) is 14.3. The fourth-order valence-corrected chi connectivity index (χ4v) is 2.02. The molecule has 106 valence electrons. The van der Waals surface area contributed by atoms with Crippen molar-refractivity contribution in [2.45, 2.75) is 20.0 Å². The third-order valence-corrected chi connectivity index (χ3v) is 3.13. The molecule has 1 aromatic heterocycles. The summed E-state index contributed by atoms with van der Waals surface area (Å²) < 4.78 is 10.3. The second-order valence-corrected chi connectivity index (χ2v) is 4.61. The molecule has 0 aliphatic rings. The highest BCUT2D eigenvalue weighted by molar-refractivity contribution is 5.92. The minimum atomic E-state index is -0.266.